The van der Waals surface area contributed by atoms with E-state index in [2.05, 4.69) is 25.6 Å². The largest absolute Gasteiger partial charge is 0.453 e. The van der Waals surface area contributed by atoms with Crippen LogP contribution in [0, 0.1) is 11.3 Å². The van der Waals surface area contributed by atoms with E-state index in [4.69, 9.17) is 4.42 Å². The maximum atomic E-state index is 13.1. The molecular formula is C23H37N5O6. The molecule has 1 saturated heterocycles. The van der Waals surface area contributed by atoms with Crippen molar-refractivity contribution in [1.82, 2.24) is 25.7 Å². The number of hydrogen-bond acceptors (Lipinski definition) is 8. The number of carbonyl (C=O) groups is 4. The van der Waals surface area contributed by atoms with Crippen molar-refractivity contribution >= 4 is 23.7 Å². The first-order chi connectivity index (χ1) is 15.7. The fourth-order valence-electron chi connectivity index (χ4n) is 3.59. The van der Waals surface area contributed by atoms with Crippen molar-refractivity contribution in [2.45, 2.75) is 78.8 Å². The first kappa shape index (κ1) is 27.3. The molecule has 2 atom stereocenters. The number of rotatable bonds is 8. The Morgan fingerprint density at radius 2 is 1.79 bits per heavy atom. The van der Waals surface area contributed by atoms with Crippen LogP contribution in [-0.4, -0.2) is 71.1 Å². The molecule has 1 aromatic rings. The van der Waals surface area contributed by atoms with Crippen LogP contribution in [0.1, 0.15) is 77.9 Å². The molecule has 2 N–H and O–H groups in total. The van der Waals surface area contributed by atoms with E-state index < -0.39 is 23.6 Å². The van der Waals surface area contributed by atoms with E-state index in [1.807, 2.05) is 20.8 Å². The lowest BCUT2D eigenvalue weighted by atomic mass is 9.87. The SMILES string of the molecule is COC(=O)N[C@H](C(=O)N1CCC[C@H]1C(=O)NCC(C)(C)C(=O)c1nnc(C(C)(C)C)o1)C(C)C. The first-order valence-corrected chi connectivity index (χ1v) is 11.5. The number of likely N-dealkylation sites (tertiary alicyclic amines) is 1. The Balaban J connectivity index is 2.06. The number of Topliss-reactive ketones (excluding diaryl/α,β-unsaturated/α-hetero) is 1. The van der Waals surface area contributed by atoms with Gasteiger partial charge in [0.2, 0.25) is 23.5 Å². The minimum Gasteiger partial charge on any atom is -0.453 e. The van der Waals surface area contributed by atoms with Gasteiger partial charge in [0.25, 0.3) is 5.89 Å². The number of nitrogens with zero attached hydrogens (tertiary/aromatic N) is 3. The molecule has 0 spiro atoms. The lowest BCUT2D eigenvalue weighted by Crippen LogP contribution is -2.55. The molecule has 0 radical (unpaired) electrons. The quantitative estimate of drug-likeness (QED) is 0.539. The molecule has 11 nitrogen and oxygen atoms in total. The monoisotopic (exact) mass is 479 g/mol. The highest BCUT2D eigenvalue weighted by atomic mass is 16.5. The van der Waals surface area contributed by atoms with Gasteiger partial charge < -0.3 is 24.7 Å². The molecule has 3 amide bonds. The van der Waals surface area contributed by atoms with Crippen molar-refractivity contribution in [1.29, 1.82) is 0 Å². The summed E-state index contributed by atoms with van der Waals surface area (Å²) in [5, 5.41) is 13.2. The van der Waals surface area contributed by atoms with Crippen LogP contribution in [0.25, 0.3) is 0 Å². The third-order valence-corrected chi connectivity index (χ3v) is 5.81. The molecule has 1 aliphatic rings. The minimum absolute atomic E-state index is 0.0322. The Morgan fingerprint density at radius 1 is 1.15 bits per heavy atom. The van der Waals surface area contributed by atoms with Gasteiger partial charge in [-0.2, -0.15) is 0 Å². The minimum atomic E-state index is -1.00. The van der Waals surface area contributed by atoms with E-state index >= 15 is 0 Å². The molecule has 2 rings (SSSR count). The third-order valence-electron chi connectivity index (χ3n) is 5.81. The second-order valence-corrected chi connectivity index (χ2v) is 10.6. The second kappa shape index (κ2) is 10.5. The summed E-state index contributed by atoms with van der Waals surface area (Å²) in [4.78, 5) is 52.2. The number of ketones is 1. The number of aromatic nitrogens is 2. The number of hydrogen-bond donors (Lipinski definition) is 2. The van der Waals surface area contributed by atoms with Crippen molar-refractivity contribution in [2.24, 2.45) is 11.3 Å². The molecule has 1 fully saturated rings. The molecule has 34 heavy (non-hydrogen) atoms. The maximum absolute atomic E-state index is 13.1. The number of methoxy groups -OCH3 is 1. The summed E-state index contributed by atoms with van der Waals surface area (Å²) in [6.45, 7) is 13.1. The molecule has 0 unspecified atom stereocenters. The Bertz CT molecular complexity index is 917. The van der Waals surface area contributed by atoms with Crippen LogP contribution in [0.3, 0.4) is 0 Å². The molecular weight excluding hydrogens is 442 g/mol. The summed E-state index contributed by atoms with van der Waals surface area (Å²) >= 11 is 0. The molecule has 2 heterocycles. The predicted molar refractivity (Wildman–Crippen MR) is 123 cm³/mol. The molecule has 190 valence electrons. The topological polar surface area (TPSA) is 144 Å². The van der Waals surface area contributed by atoms with Gasteiger partial charge in [0, 0.05) is 18.5 Å². The Hall–Kier alpha value is -2.98. The first-order valence-electron chi connectivity index (χ1n) is 11.5. The predicted octanol–water partition coefficient (Wildman–Crippen LogP) is 2.06. The summed E-state index contributed by atoms with van der Waals surface area (Å²) in [5.41, 5.74) is -1.39. The lowest BCUT2D eigenvalue weighted by molar-refractivity contribution is -0.140. The molecule has 0 bridgehead atoms. The Morgan fingerprint density at radius 3 is 2.32 bits per heavy atom. The Labute approximate surface area is 200 Å². The Kier molecular flexibility index (Phi) is 8.44. The number of alkyl carbamates (subject to hydrolysis) is 1. The van der Waals surface area contributed by atoms with Crippen LogP contribution < -0.4 is 10.6 Å². The van der Waals surface area contributed by atoms with Gasteiger partial charge in [0.15, 0.2) is 0 Å². The lowest BCUT2D eigenvalue weighted by Gasteiger charge is -2.31. The van der Waals surface area contributed by atoms with Gasteiger partial charge >= 0.3 is 6.09 Å². The van der Waals surface area contributed by atoms with E-state index in [-0.39, 0.29) is 41.4 Å². The summed E-state index contributed by atoms with van der Waals surface area (Å²) < 4.78 is 10.2. The fourth-order valence-corrected chi connectivity index (χ4v) is 3.59. The van der Waals surface area contributed by atoms with Gasteiger partial charge in [-0.25, -0.2) is 4.79 Å². The third kappa shape index (κ3) is 6.32. The van der Waals surface area contributed by atoms with Gasteiger partial charge in [0.05, 0.1) is 12.5 Å². The van der Waals surface area contributed by atoms with Crippen molar-refractivity contribution in [3.05, 3.63) is 11.8 Å². The van der Waals surface area contributed by atoms with Crippen molar-refractivity contribution < 1.29 is 28.3 Å². The van der Waals surface area contributed by atoms with Crippen LogP contribution in [-0.2, 0) is 19.7 Å². The van der Waals surface area contributed by atoms with E-state index in [1.165, 1.54) is 12.0 Å². The van der Waals surface area contributed by atoms with E-state index in [0.29, 0.717) is 25.3 Å². The zero-order chi connectivity index (χ0) is 25.8. The van der Waals surface area contributed by atoms with Crippen molar-refractivity contribution in [3.63, 3.8) is 0 Å². The van der Waals surface area contributed by atoms with Crippen LogP contribution >= 0.6 is 0 Å². The molecule has 1 aromatic heterocycles. The van der Waals surface area contributed by atoms with E-state index in [0.717, 1.165) is 0 Å². The summed E-state index contributed by atoms with van der Waals surface area (Å²) in [5.74, 6) is -1.01. The van der Waals surface area contributed by atoms with Crippen molar-refractivity contribution in [3.8, 4) is 0 Å². The highest BCUT2D eigenvalue weighted by molar-refractivity contribution is 5.97. The van der Waals surface area contributed by atoms with Crippen LogP contribution in [0.5, 0.6) is 0 Å². The van der Waals surface area contributed by atoms with E-state index in [1.54, 1.807) is 27.7 Å². The average molecular weight is 480 g/mol. The normalized spacial score (nSPS) is 17.4. The van der Waals surface area contributed by atoms with Crippen molar-refractivity contribution in [2.75, 3.05) is 20.2 Å². The maximum Gasteiger partial charge on any atom is 0.407 e. The highest BCUT2D eigenvalue weighted by Crippen LogP contribution is 2.26. The standard InChI is InChI=1S/C23H37N5O6/c1-13(2)15(25-21(32)33-8)19(31)28-11-9-10-14(28)17(30)24-12-23(6,7)16(29)18-26-27-20(34-18)22(3,4)5/h13-15H,9-12H2,1-8H3,(H,24,30)(H,25,32)/t14-,15-/m0/s1. The van der Waals surface area contributed by atoms with Gasteiger partial charge in [0.1, 0.15) is 12.1 Å². The van der Waals surface area contributed by atoms with Gasteiger partial charge in [-0.05, 0) is 18.8 Å². The number of ether oxygens (including phenoxy) is 1. The number of nitrogens with one attached hydrogen (secondary N) is 2. The number of carbonyl (C=O) groups excluding carboxylic acids is 4. The number of amides is 3. The molecule has 1 aliphatic heterocycles. The summed E-state index contributed by atoms with van der Waals surface area (Å²) in [6, 6.07) is -1.50. The molecule has 11 heteroatoms. The van der Waals surface area contributed by atoms with Gasteiger partial charge in [-0.1, -0.05) is 48.5 Å². The van der Waals surface area contributed by atoms with Gasteiger partial charge in [-0.15, -0.1) is 10.2 Å². The highest BCUT2D eigenvalue weighted by Gasteiger charge is 2.40. The molecule has 0 aliphatic carbocycles. The van der Waals surface area contributed by atoms with E-state index in [9.17, 15) is 19.2 Å². The molecule has 0 aromatic carbocycles. The average Bonchev–Trinajstić information content (AvgIpc) is 3.44. The van der Waals surface area contributed by atoms with Gasteiger partial charge in [-0.3, -0.25) is 14.4 Å². The fraction of sp³-hybridized carbons (Fsp3) is 0.739. The van der Waals surface area contributed by atoms with Crippen LogP contribution in [0.4, 0.5) is 4.79 Å². The molecule has 0 saturated carbocycles. The van der Waals surface area contributed by atoms with Crippen LogP contribution in [0.2, 0.25) is 0 Å². The smallest absolute Gasteiger partial charge is 0.407 e. The van der Waals surface area contributed by atoms with Crippen LogP contribution in [0.15, 0.2) is 4.42 Å². The zero-order valence-electron chi connectivity index (χ0n) is 21.4. The summed E-state index contributed by atoms with van der Waals surface area (Å²) in [6.07, 6.45) is 0.448. The second-order valence-electron chi connectivity index (χ2n) is 10.6. The summed E-state index contributed by atoms with van der Waals surface area (Å²) in [7, 11) is 1.23. The zero-order valence-corrected chi connectivity index (χ0v) is 21.4.